The van der Waals surface area contributed by atoms with Crippen molar-refractivity contribution in [2.45, 2.75) is 96.6 Å². The van der Waals surface area contributed by atoms with E-state index in [2.05, 4.69) is 0 Å². The Hall–Kier alpha value is -2.68. The lowest BCUT2D eigenvalue weighted by atomic mass is 9.93. The van der Waals surface area contributed by atoms with Crippen LogP contribution in [0.15, 0.2) is 18.2 Å². The number of nitro benzene ring substituents is 1. The second-order valence-corrected chi connectivity index (χ2v) is 9.21. The molecule has 1 aromatic carbocycles. The summed E-state index contributed by atoms with van der Waals surface area (Å²) >= 11 is 0. The predicted molar refractivity (Wildman–Crippen MR) is 132 cm³/mol. The van der Waals surface area contributed by atoms with Gasteiger partial charge in [0, 0.05) is 32.0 Å². The Bertz CT molecular complexity index is 822. The minimum Gasteiger partial charge on any atom is -0.493 e. The van der Waals surface area contributed by atoms with Gasteiger partial charge in [-0.15, -0.1) is 0 Å². The SMILES string of the molecule is CC(=O)OCCCCCCN(C(=O)CCCOc1cccc([N+](=O)[O-])c1C(C)O)C1CCCCC1. The number of rotatable bonds is 15. The zero-order valence-electron chi connectivity index (χ0n) is 21.1. The lowest BCUT2D eigenvalue weighted by molar-refractivity contribution is -0.386. The maximum absolute atomic E-state index is 13.1. The number of aliphatic hydroxyl groups excluding tert-OH is 1. The van der Waals surface area contributed by atoms with Crippen LogP contribution in [0.1, 0.15) is 96.1 Å². The third-order valence-corrected chi connectivity index (χ3v) is 6.38. The molecule has 1 aliphatic carbocycles. The van der Waals surface area contributed by atoms with E-state index in [1.54, 1.807) is 6.07 Å². The van der Waals surface area contributed by atoms with E-state index in [-0.39, 0.29) is 41.5 Å². The molecule has 0 aromatic heterocycles. The standard InChI is InChI=1S/C26H40N2O7/c1-20(29)26-23(28(32)33)14-10-15-24(26)35-19-11-16-25(31)27(22-12-6-5-7-13-22)17-8-3-4-9-18-34-21(2)30/h10,14-15,20,22,29H,3-9,11-13,16-19H2,1-2H3. The first kappa shape index (κ1) is 28.6. The van der Waals surface area contributed by atoms with Gasteiger partial charge in [-0.1, -0.05) is 31.7 Å². The molecular formula is C26H40N2O7. The van der Waals surface area contributed by atoms with E-state index in [0.29, 0.717) is 19.4 Å². The van der Waals surface area contributed by atoms with E-state index >= 15 is 0 Å². The first-order valence-electron chi connectivity index (χ1n) is 12.8. The Kier molecular flexibility index (Phi) is 12.5. The van der Waals surface area contributed by atoms with Gasteiger partial charge < -0.3 is 19.5 Å². The summed E-state index contributed by atoms with van der Waals surface area (Å²) in [4.78, 5) is 36.7. The number of ether oxygens (including phenoxy) is 2. The molecule has 1 aliphatic rings. The summed E-state index contributed by atoms with van der Waals surface area (Å²) in [5, 5.41) is 21.3. The van der Waals surface area contributed by atoms with Crippen LogP contribution < -0.4 is 4.74 Å². The number of carbonyl (C=O) groups excluding carboxylic acids is 2. The van der Waals surface area contributed by atoms with Crippen molar-refractivity contribution >= 4 is 17.6 Å². The van der Waals surface area contributed by atoms with Crippen LogP contribution in [-0.4, -0.2) is 52.6 Å². The largest absolute Gasteiger partial charge is 0.493 e. The minimum absolute atomic E-state index is 0.121. The highest BCUT2D eigenvalue weighted by Crippen LogP contribution is 2.34. The number of carbonyl (C=O) groups is 2. The molecule has 0 heterocycles. The normalized spacial score (nSPS) is 14.8. The van der Waals surface area contributed by atoms with E-state index in [1.807, 2.05) is 4.90 Å². The number of nitro groups is 1. The van der Waals surface area contributed by atoms with E-state index < -0.39 is 11.0 Å². The summed E-state index contributed by atoms with van der Waals surface area (Å²) in [5.74, 6) is 0.144. The number of unbranched alkanes of at least 4 members (excludes halogenated alkanes) is 3. The van der Waals surface area contributed by atoms with Gasteiger partial charge in [0.1, 0.15) is 5.75 Å². The second kappa shape index (κ2) is 15.3. The Labute approximate surface area is 207 Å². The van der Waals surface area contributed by atoms with Gasteiger partial charge in [0.25, 0.3) is 5.69 Å². The van der Waals surface area contributed by atoms with E-state index in [9.17, 15) is 24.8 Å². The van der Waals surface area contributed by atoms with Crippen LogP contribution in [0.3, 0.4) is 0 Å². The molecule has 1 fully saturated rings. The summed E-state index contributed by atoms with van der Waals surface area (Å²) in [6.07, 6.45) is 9.10. The highest BCUT2D eigenvalue weighted by molar-refractivity contribution is 5.76. The summed E-state index contributed by atoms with van der Waals surface area (Å²) in [5.41, 5.74) is -0.0220. The zero-order valence-corrected chi connectivity index (χ0v) is 21.1. The van der Waals surface area contributed by atoms with Crippen LogP contribution in [0, 0.1) is 10.1 Å². The molecule has 1 amide bonds. The molecule has 0 spiro atoms. The smallest absolute Gasteiger partial charge is 0.302 e. The first-order chi connectivity index (χ1) is 16.8. The maximum Gasteiger partial charge on any atom is 0.302 e. The van der Waals surface area contributed by atoms with Gasteiger partial charge in [0.05, 0.1) is 29.8 Å². The molecule has 0 saturated heterocycles. The monoisotopic (exact) mass is 492 g/mol. The molecule has 1 saturated carbocycles. The second-order valence-electron chi connectivity index (χ2n) is 9.21. The van der Waals surface area contributed by atoms with Crippen LogP contribution in [0.2, 0.25) is 0 Å². The third-order valence-electron chi connectivity index (χ3n) is 6.38. The van der Waals surface area contributed by atoms with Gasteiger partial charge in [-0.25, -0.2) is 0 Å². The summed E-state index contributed by atoms with van der Waals surface area (Å²) in [6.45, 7) is 4.30. The maximum atomic E-state index is 13.1. The van der Waals surface area contributed by atoms with Gasteiger partial charge in [-0.3, -0.25) is 19.7 Å². The van der Waals surface area contributed by atoms with Crippen molar-refractivity contribution in [1.29, 1.82) is 0 Å². The molecule has 1 unspecified atom stereocenters. The molecule has 0 radical (unpaired) electrons. The Morgan fingerprint density at radius 2 is 1.83 bits per heavy atom. The highest BCUT2D eigenvalue weighted by atomic mass is 16.6. The minimum atomic E-state index is -1.04. The molecular weight excluding hydrogens is 452 g/mol. The zero-order chi connectivity index (χ0) is 25.6. The summed E-state index contributed by atoms with van der Waals surface area (Å²) in [7, 11) is 0. The van der Waals surface area contributed by atoms with Crippen molar-refractivity contribution in [3.8, 4) is 5.75 Å². The Balaban J connectivity index is 1.84. The van der Waals surface area contributed by atoms with Crippen LogP contribution >= 0.6 is 0 Å². The fourth-order valence-corrected chi connectivity index (χ4v) is 4.64. The lowest BCUT2D eigenvalue weighted by Crippen LogP contribution is -2.42. The number of hydrogen-bond donors (Lipinski definition) is 1. The summed E-state index contributed by atoms with van der Waals surface area (Å²) < 4.78 is 10.7. The molecule has 2 rings (SSSR count). The molecule has 1 atom stereocenters. The van der Waals surface area contributed by atoms with Crippen LogP contribution in [0.5, 0.6) is 5.75 Å². The molecule has 1 N–H and O–H groups in total. The molecule has 0 bridgehead atoms. The average Bonchev–Trinajstić information content (AvgIpc) is 2.83. The molecule has 9 heteroatoms. The van der Waals surface area contributed by atoms with Gasteiger partial charge in [-0.05, 0) is 51.5 Å². The highest BCUT2D eigenvalue weighted by Gasteiger charge is 2.25. The Morgan fingerprint density at radius 1 is 1.11 bits per heavy atom. The van der Waals surface area contributed by atoms with Crippen molar-refractivity contribution in [1.82, 2.24) is 4.90 Å². The molecule has 1 aromatic rings. The number of amides is 1. The molecule has 35 heavy (non-hydrogen) atoms. The van der Waals surface area contributed by atoms with Gasteiger partial charge in [0.2, 0.25) is 5.91 Å². The first-order valence-corrected chi connectivity index (χ1v) is 12.8. The van der Waals surface area contributed by atoms with Gasteiger partial charge in [0.15, 0.2) is 0 Å². The van der Waals surface area contributed by atoms with Crippen LogP contribution in [0.25, 0.3) is 0 Å². The van der Waals surface area contributed by atoms with Crippen LogP contribution in [-0.2, 0) is 14.3 Å². The van der Waals surface area contributed by atoms with Crippen molar-refractivity contribution in [3.05, 3.63) is 33.9 Å². The van der Waals surface area contributed by atoms with Gasteiger partial charge >= 0.3 is 5.97 Å². The number of nitrogens with zero attached hydrogens (tertiary/aromatic N) is 2. The van der Waals surface area contributed by atoms with Crippen molar-refractivity contribution in [2.24, 2.45) is 0 Å². The van der Waals surface area contributed by atoms with Crippen LogP contribution in [0.4, 0.5) is 5.69 Å². The number of aliphatic hydroxyl groups is 1. The van der Waals surface area contributed by atoms with E-state index in [1.165, 1.54) is 32.4 Å². The van der Waals surface area contributed by atoms with Crippen molar-refractivity contribution in [2.75, 3.05) is 19.8 Å². The predicted octanol–water partition coefficient (Wildman–Crippen LogP) is 5.09. The van der Waals surface area contributed by atoms with Crippen molar-refractivity contribution < 1.29 is 29.1 Å². The number of esters is 1. The quantitative estimate of drug-likeness (QED) is 0.157. The summed E-state index contributed by atoms with van der Waals surface area (Å²) in [6, 6.07) is 4.77. The lowest BCUT2D eigenvalue weighted by Gasteiger charge is -2.34. The fourth-order valence-electron chi connectivity index (χ4n) is 4.64. The van der Waals surface area contributed by atoms with E-state index in [0.717, 1.165) is 57.9 Å². The average molecular weight is 493 g/mol. The molecule has 9 nitrogen and oxygen atoms in total. The van der Waals surface area contributed by atoms with Gasteiger partial charge in [-0.2, -0.15) is 0 Å². The fraction of sp³-hybridized carbons (Fsp3) is 0.692. The van der Waals surface area contributed by atoms with Crippen molar-refractivity contribution in [3.63, 3.8) is 0 Å². The number of hydrogen-bond acceptors (Lipinski definition) is 7. The Morgan fingerprint density at radius 3 is 2.49 bits per heavy atom. The topological polar surface area (TPSA) is 119 Å². The molecule has 0 aliphatic heterocycles. The van der Waals surface area contributed by atoms with E-state index in [4.69, 9.17) is 9.47 Å². The molecule has 196 valence electrons. The number of benzene rings is 1. The third kappa shape index (κ3) is 9.84.